The highest BCUT2D eigenvalue weighted by molar-refractivity contribution is 5.87. The quantitative estimate of drug-likeness (QED) is 0.624. The first-order valence-corrected chi connectivity index (χ1v) is 7.31. The highest BCUT2D eigenvalue weighted by Crippen LogP contribution is 2.21. The van der Waals surface area contributed by atoms with Gasteiger partial charge in [0.2, 0.25) is 5.88 Å². The SMILES string of the molecule is O=C(OC1CCCCCC1)c1cccc(OCC(F)(F)F)n1. The Kier molecular flexibility index (Phi) is 5.63. The third kappa shape index (κ3) is 5.54. The Morgan fingerprint density at radius 2 is 1.86 bits per heavy atom. The van der Waals surface area contributed by atoms with E-state index in [2.05, 4.69) is 9.72 Å². The summed E-state index contributed by atoms with van der Waals surface area (Å²) < 4.78 is 46.2. The lowest BCUT2D eigenvalue weighted by Gasteiger charge is -2.15. The van der Waals surface area contributed by atoms with Crippen LogP contribution in [0.3, 0.4) is 0 Å². The van der Waals surface area contributed by atoms with E-state index >= 15 is 0 Å². The molecule has 22 heavy (non-hydrogen) atoms. The zero-order valence-corrected chi connectivity index (χ0v) is 12.1. The van der Waals surface area contributed by atoms with Gasteiger partial charge in [0, 0.05) is 6.07 Å². The van der Waals surface area contributed by atoms with Gasteiger partial charge in [-0.05, 0) is 31.7 Å². The molecule has 0 atom stereocenters. The molecule has 1 fully saturated rings. The fraction of sp³-hybridized carbons (Fsp3) is 0.600. The van der Waals surface area contributed by atoms with Crippen molar-refractivity contribution in [3.8, 4) is 5.88 Å². The second-order valence-corrected chi connectivity index (χ2v) is 5.28. The van der Waals surface area contributed by atoms with E-state index in [1.165, 1.54) is 18.2 Å². The summed E-state index contributed by atoms with van der Waals surface area (Å²) in [4.78, 5) is 15.8. The van der Waals surface area contributed by atoms with Crippen molar-refractivity contribution in [1.82, 2.24) is 4.98 Å². The number of carbonyl (C=O) groups is 1. The normalized spacial score (nSPS) is 16.9. The summed E-state index contributed by atoms with van der Waals surface area (Å²) in [5, 5.41) is 0. The molecule has 4 nitrogen and oxygen atoms in total. The van der Waals surface area contributed by atoms with Crippen molar-refractivity contribution in [1.29, 1.82) is 0 Å². The minimum absolute atomic E-state index is 0.0380. The molecule has 1 heterocycles. The average Bonchev–Trinajstić information content (AvgIpc) is 2.73. The van der Waals surface area contributed by atoms with Gasteiger partial charge in [-0.15, -0.1) is 0 Å². The van der Waals surface area contributed by atoms with Gasteiger partial charge in [0.05, 0.1) is 0 Å². The zero-order chi connectivity index (χ0) is 16.0. The second kappa shape index (κ2) is 7.47. The van der Waals surface area contributed by atoms with Crippen LogP contribution in [-0.2, 0) is 4.74 Å². The van der Waals surface area contributed by atoms with Crippen LogP contribution in [0.15, 0.2) is 18.2 Å². The predicted octanol–water partition coefficient (Wildman–Crippen LogP) is 3.90. The predicted molar refractivity (Wildman–Crippen MR) is 72.7 cm³/mol. The first-order valence-electron chi connectivity index (χ1n) is 7.31. The molecule has 7 heteroatoms. The molecule has 0 bridgehead atoms. The van der Waals surface area contributed by atoms with Gasteiger partial charge in [-0.25, -0.2) is 9.78 Å². The van der Waals surface area contributed by atoms with E-state index in [0.717, 1.165) is 38.5 Å². The van der Waals surface area contributed by atoms with Crippen LogP contribution >= 0.6 is 0 Å². The van der Waals surface area contributed by atoms with E-state index in [9.17, 15) is 18.0 Å². The Morgan fingerprint density at radius 1 is 1.18 bits per heavy atom. The molecular weight excluding hydrogens is 299 g/mol. The number of pyridine rings is 1. The number of rotatable bonds is 4. The van der Waals surface area contributed by atoms with Gasteiger partial charge in [0.1, 0.15) is 6.10 Å². The van der Waals surface area contributed by atoms with Gasteiger partial charge in [-0.3, -0.25) is 0 Å². The molecular formula is C15H18F3NO3. The van der Waals surface area contributed by atoms with Crippen LogP contribution in [0.2, 0.25) is 0 Å². The van der Waals surface area contributed by atoms with Crippen molar-refractivity contribution < 1.29 is 27.4 Å². The van der Waals surface area contributed by atoms with Crippen LogP contribution in [0.1, 0.15) is 49.0 Å². The highest BCUT2D eigenvalue weighted by Gasteiger charge is 2.29. The Labute approximate surface area is 126 Å². The molecule has 1 aromatic rings. The van der Waals surface area contributed by atoms with Crippen molar-refractivity contribution in [3.63, 3.8) is 0 Å². The number of hydrogen-bond acceptors (Lipinski definition) is 4. The van der Waals surface area contributed by atoms with E-state index in [1.807, 2.05) is 0 Å². The number of esters is 1. The van der Waals surface area contributed by atoms with Gasteiger partial charge in [0.25, 0.3) is 0 Å². The van der Waals surface area contributed by atoms with Crippen molar-refractivity contribution >= 4 is 5.97 Å². The van der Waals surface area contributed by atoms with Gasteiger partial charge >= 0.3 is 12.1 Å². The van der Waals surface area contributed by atoms with Crippen LogP contribution in [0, 0.1) is 0 Å². The monoisotopic (exact) mass is 317 g/mol. The highest BCUT2D eigenvalue weighted by atomic mass is 19.4. The maximum Gasteiger partial charge on any atom is 0.422 e. The van der Waals surface area contributed by atoms with Gasteiger partial charge < -0.3 is 9.47 Å². The van der Waals surface area contributed by atoms with Crippen LogP contribution in [0.5, 0.6) is 5.88 Å². The lowest BCUT2D eigenvalue weighted by atomic mass is 10.1. The summed E-state index contributed by atoms with van der Waals surface area (Å²) in [6.45, 7) is -1.44. The fourth-order valence-electron chi connectivity index (χ4n) is 2.34. The molecule has 0 N–H and O–H groups in total. The minimum atomic E-state index is -4.45. The number of carbonyl (C=O) groups excluding carboxylic acids is 1. The van der Waals surface area contributed by atoms with E-state index in [-0.39, 0.29) is 17.7 Å². The molecule has 0 saturated heterocycles. The maximum atomic E-state index is 12.1. The number of alkyl halides is 3. The molecule has 2 rings (SSSR count). The topological polar surface area (TPSA) is 48.4 Å². The van der Waals surface area contributed by atoms with Crippen LogP contribution in [-0.4, -0.2) is 29.8 Å². The number of halogens is 3. The average molecular weight is 317 g/mol. The largest absolute Gasteiger partial charge is 0.468 e. The zero-order valence-electron chi connectivity index (χ0n) is 12.1. The molecule has 0 aromatic carbocycles. The summed E-state index contributed by atoms with van der Waals surface area (Å²) in [5.41, 5.74) is -0.0380. The molecule has 0 unspecified atom stereocenters. The minimum Gasteiger partial charge on any atom is -0.468 e. The molecule has 1 aliphatic carbocycles. The molecule has 1 saturated carbocycles. The summed E-state index contributed by atoms with van der Waals surface area (Å²) in [6, 6.07) is 4.09. The van der Waals surface area contributed by atoms with Gasteiger partial charge in [0.15, 0.2) is 12.3 Å². The maximum absolute atomic E-state index is 12.1. The van der Waals surface area contributed by atoms with E-state index in [1.54, 1.807) is 0 Å². The molecule has 122 valence electrons. The van der Waals surface area contributed by atoms with E-state index in [4.69, 9.17) is 4.74 Å². The van der Waals surface area contributed by atoms with Crippen LogP contribution < -0.4 is 4.74 Å². The lowest BCUT2D eigenvalue weighted by molar-refractivity contribution is -0.154. The van der Waals surface area contributed by atoms with Crippen molar-refractivity contribution in [3.05, 3.63) is 23.9 Å². The lowest BCUT2D eigenvalue weighted by Crippen LogP contribution is -2.21. The van der Waals surface area contributed by atoms with Crippen LogP contribution in [0.25, 0.3) is 0 Å². The Hall–Kier alpha value is -1.79. The first kappa shape index (κ1) is 16.6. The third-order valence-electron chi connectivity index (χ3n) is 3.39. The summed E-state index contributed by atoms with van der Waals surface area (Å²) in [7, 11) is 0. The molecule has 1 aromatic heterocycles. The molecule has 0 amide bonds. The second-order valence-electron chi connectivity index (χ2n) is 5.28. The molecule has 1 aliphatic rings. The number of hydrogen-bond donors (Lipinski definition) is 0. The Balaban J connectivity index is 1.94. The first-order chi connectivity index (χ1) is 10.4. The van der Waals surface area contributed by atoms with Gasteiger partial charge in [-0.2, -0.15) is 13.2 Å². The molecule has 0 spiro atoms. The number of ether oxygens (including phenoxy) is 2. The fourth-order valence-corrected chi connectivity index (χ4v) is 2.34. The van der Waals surface area contributed by atoms with E-state index in [0.29, 0.717) is 0 Å². The molecule has 0 aliphatic heterocycles. The van der Waals surface area contributed by atoms with Crippen molar-refractivity contribution in [2.75, 3.05) is 6.61 Å². The van der Waals surface area contributed by atoms with Crippen molar-refractivity contribution in [2.45, 2.75) is 50.8 Å². The summed E-state index contributed by atoms with van der Waals surface area (Å²) in [5.74, 6) is -0.864. The standard InChI is InChI=1S/C15H18F3NO3/c16-15(17,18)10-21-13-9-5-8-12(19-13)14(20)22-11-6-3-1-2-4-7-11/h5,8-9,11H,1-4,6-7,10H2. The number of nitrogens with zero attached hydrogens (tertiary/aromatic N) is 1. The van der Waals surface area contributed by atoms with Crippen LogP contribution in [0.4, 0.5) is 13.2 Å². The summed E-state index contributed by atoms with van der Waals surface area (Å²) in [6.07, 6.45) is 1.34. The molecule has 0 radical (unpaired) electrons. The third-order valence-corrected chi connectivity index (χ3v) is 3.39. The Morgan fingerprint density at radius 3 is 2.50 bits per heavy atom. The van der Waals surface area contributed by atoms with E-state index < -0.39 is 18.8 Å². The number of aromatic nitrogens is 1. The van der Waals surface area contributed by atoms with Crippen molar-refractivity contribution in [2.24, 2.45) is 0 Å². The summed E-state index contributed by atoms with van der Waals surface area (Å²) >= 11 is 0. The smallest absolute Gasteiger partial charge is 0.422 e. The van der Waals surface area contributed by atoms with Gasteiger partial charge in [-0.1, -0.05) is 18.9 Å². The Bertz CT molecular complexity index is 497.